The topological polar surface area (TPSA) is 80.9 Å². The summed E-state index contributed by atoms with van der Waals surface area (Å²) in [5, 5.41) is 8.81. The maximum atomic E-state index is 11.3. The van der Waals surface area contributed by atoms with Crippen LogP contribution >= 0.6 is 0 Å². The van der Waals surface area contributed by atoms with E-state index in [1.54, 1.807) is 24.7 Å². The molecule has 0 aliphatic carbocycles. The number of aromatic nitrogens is 4. The predicted octanol–water partition coefficient (Wildman–Crippen LogP) is 1.05. The van der Waals surface area contributed by atoms with Crippen LogP contribution < -0.4 is 0 Å². The quantitative estimate of drug-likeness (QED) is 0.715. The fourth-order valence-electron chi connectivity index (χ4n) is 2.01. The monoisotopic (exact) mass is 268 g/mol. The zero-order valence-corrected chi connectivity index (χ0v) is 10.6. The Morgan fingerprint density at radius 3 is 2.75 bits per heavy atom. The first kappa shape index (κ1) is 12.4. The molecule has 0 saturated carbocycles. The second kappa shape index (κ2) is 5.18. The van der Waals surface area contributed by atoms with Crippen molar-refractivity contribution in [2.45, 2.75) is 6.54 Å². The van der Waals surface area contributed by atoms with E-state index in [-0.39, 0.29) is 5.78 Å². The molecule has 2 heterocycles. The molecule has 1 N–H and O–H groups in total. The Morgan fingerprint density at radius 2 is 2.00 bits per heavy atom. The fraction of sp³-hybridized carbons (Fsp3) is 0.143. The molecule has 0 saturated heterocycles. The summed E-state index contributed by atoms with van der Waals surface area (Å²) >= 11 is 0. The molecule has 0 unspecified atom stereocenters. The summed E-state index contributed by atoms with van der Waals surface area (Å²) in [7, 11) is 0. The minimum Gasteiger partial charge on any atom is -0.388 e. The maximum Gasteiger partial charge on any atom is 0.188 e. The Bertz CT molecular complexity index is 749. The van der Waals surface area contributed by atoms with E-state index in [9.17, 15) is 4.79 Å². The summed E-state index contributed by atoms with van der Waals surface area (Å²) in [6.07, 6.45) is 4.90. The van der Waals surface area contributed by atoms with Crippen molar-refractivity contribution in [3.05, 3.63) is 54.2 Å². The van der Waals surface area contributed by atoms with Crippen LogP contribution in [-0.2, 0) is 6.54 Å². The van der Waals surface area contributed by atoms with Gasteiger partial charge in [0.2, 0.25) is 0 Å². The molecule has 0 bridgehead atoms. The molecule has 3 rings (SSSR count). The van der Waals surface area contributed by atoms with E-state index in [0.29, 0.717) is 17.8 Å². The maximum absolute atomic E-state index is 11.3. The highest BCUT2D eigenvalue weighted by Gasteiger charge is 2.06. The normalized spacial score (nSPS) is 10.8. The van der Waals surface area contributed by atoms with Gasteiger partial charge < -0.3 is 9.67 Å². The number of aliphatic hydroxyl groups is 1. The lowest BCUT2D eigenvalue weighted by molar-refractivity contribution is 0.0903. The summed E-state index contributed by atoms with van der Waals surface area (Å²) in [5.41, 5.74) is 3.06. The lowest BCUT2D eigenvalue weighted by atomic mass is 10.1. The zero-order chi connectivity index (χ0) is 13.9. The SMILES string of the molecule is O=C(CO)c1ccc(Cn2cnc3ncncc32)cc1. The minimum atomic E-state index is -0.469. The lowest BCUT2D eigenvalue weighted by Gasteiger charge is -2.05. The van der Waals surface area contributed by atoms with Crippen molar-refractivity contribution in [1.82, 2.24) is 19.5 Å². The van der Waals surface area contributed by atoms with Gasteiger partial charge in [-0.3, -0.25) is 4.79 Å². The number of fused-ring (bicyclic) bond motifs is 1. The Hall–Kier alpha value is -2.60. The van der Waals surface area contributed by atoms with Gasteiger partial charge in [-0.15, -0.1) is 0 Å². The minimum absolute atomic E-state index is 0.280. The van der Waals surface area contributed by atoms with Crippen molar-refractivity contribution in [3.8, 4) is 0 Å². The number of benzene rings is 1. The van der Waals surface area contributed by atoms with Crippen molar-refractivity contribution in [3.63, 3.8) is 0 Å². The smallest absolute Gasteiger partial charge is 0.188 e. The largest absolute Gasteiger partial charge is 0.388 e. The third-order valence-electron chi connectivity index (χ3n) is 3.07. The summed E-state index contributed by atoms with van der Waals surface area (Å²) in [6, 6.07) is 7.14. The fourth-order valence-corrected chi connectivity index (χ4v) is 2.01. The van der Waals surface area contributed by atoms with Crippen LogP contribution in [0, 0.1) is 0 Å². The third kappa shape index (κ3) is 2.28. The summed E-state index contributed by atoms with van der Waals surface area (Å²) in [5.74, 6) is -0.280. The van der Waals surface area contributed by atoms with Gasteiger partial charge in [0, 0.05) is 12.1 Å². The molecule has 0 aliphatic heterocycles. The van der Waals surface area contributed by atoms with Crippen LogP contribution in [0.2, 0.25) is 0 Å². The Morgan fingerprint density at radius 1 is 1.20 bits per heavy atom. The van der Waals surface area contributed by atoms with E-state index < -0.39 is 6.61 Å². The van der Waals surface area contributed by atoms with Crippen LogP contribution in [0.4, 0.5) is 0 Å². The first-order chi connectivity index (χ1) is 9.78. The highest BCUT2D eigenvalue weighted by Crippen LogP contribution is 2.12. The van der Waals surface area contributed by atoms with Gasteiger partial charge >= 0.3 is 0 Å². The Labute approximate surface area is 114 Å². The number of imidazole rings is 1. The van der Waals surface area contributed by atoms with Crippen LogP contribution in [0.3, 0.4) is 0 Å². The number of nitrogens with zero attached hydrogens (tertiary/aromatic N) is 4. The second-order valence-corrected chi connectivity index (χ2v) is 4.38. The van der Waals surface area contributed by atoms with Gasteiger partial charge in [0.25, 0.3) is 0 Å². The third-order valence-corrected chi connectivity index (χ3v) is 3.07. The number of Topliss-reactive ketones (excluding diaryl/α,β-unsaturated/α-hetero) is 1. The zero-order valence-electron chi connectivity index (χ0n) is 10.6. The molecule has 0 aliphatic rings. The van der Waals surface area contributed by atoms with E-state index in [1.807, 2.05) is 16.7 Å². The lowest BCUT2D eigenvalue weighted by Crippen LogP contribution is -2.04. The van der Waals surface area contributed by atoms with Crippen LogP contribution in [0.1, 0.15) is 15.9 Å². The summed E-state index contributed by atoms with van der Waals surface area (Å²) in [6.45, 7) is 0.153. The number of rotatable bonds is 4. The first-order valence-corrected chi connectivity index (χ1v) is 6.12. The second-order valence-electron chi connectivity index (χ2n) is 4.38. The van der Waals surface area contributed by atoms with Gasteiger partial charge in [0.05, 0.1) is 12.5 Å². The van der Waals surface area contributed by atoms with Crippen molar-refractivity contribution < 1.29 is 9.90 Å². The van der Waals surface area contributed by atoms with E-state index in [4.69, 9.17) is 5.11 Å². The molecule has 0 radical (unpaired) electrons. The van der Waals surface area contributed by atoms with Crippen LogP contribution in [-0.4, -0.2) is 37.0 Å². The molecular weight excluding hydrogens is 256 g/mol. The Balaban J connectivity index is 1.86. The van der Waals surface area contributed by atoms with Gasteiger partial charge in [0.15, 0.2) is 11.4 Å². The Kier molecular flexibility index (Phi) is 3.22. The average molecular weight is 268 g/mol. The number of carbonyl (C=O) groups is 1. The molecule has 6 heteroatoms. The molecule has 0 amide bonds. The molecule has 0 fully saturated rings. The molecule has 1 aromatic carbocycles. The molecular formula is C14H12N4O2. The van der Waals surface area contributed by atoms with Crippen molar-refractivity contribution in [1.29, 1.82) is 0 Å². The molecule has 20 heavy (non-hydrogen) atoms. The molecule has 6 nitrogen and oxygen atoms in total. The van der Waals surface area contributed by atoms with E-state index in [2.05, 4.69) is 15.0 Å². The average Bonchev–Trinajstić information content (AvgIpc) is 2.91. The van der Waals surface area contributed by atoms with Crippen LogP contribution in [0.5, 0.6) is 0 Å². The summed E-state index contributed by atoms with van der Waals surface area (Å²) in [4.78, 5) is 23.6. The van der Waals surface area contributed by atoms with Gasteiger partial charge in [-0.1, -0.05) is 24.3 Å². The molecule has 2 aromatic heterocycles. The van der Waals surface area contributed by atoms with Crippen molar-refractivity contribution in [2.75, 3.05) is 6.61 Å². The van der Waals surface area contributed by atoms with Gasteiger partial charge in [-0.05, 0) is 5.56 Å². The van der Waals surface area contributed by atoms with Crippen LogP contribution in [0.15, 0.2) is 43.1 Å². The van der Waals surface area contributed by atoms with E-state index >= 15 is 0 Å². The molecule has 0 atom stereocenters. The standard InChI is InChI=1S/C14H12N4O2/c19-7-13(20)11-3-1-10(2-4-11)6-18-9-17-14-12(18)5-15-8-16-14/h1-5,8-9,19H,6-7H2. The highest BCUT2D eigenvalue weighted by molar-refractivity contribution is 5.96. The van der Waals surface area contributed by atoms with Crippen molar-refractivity contribution in [2.24, 2.45) is 0 Å². The number of hydrogen-bond donors (Lipinski definition) is 1. The highest BCUT2D eigenvalue weighted by atomic mass is 16.3. The number of hydrogen-bond acceptors (Lipinski definition) is 5. The van der Waals surface area contributed by atoms with Crippen LogP contribution in [0.25, 0.3) is 11.2 Å². The number of aliphatic hydroxyl groups excluding tert-OH is 1. The number of carbonyl (C=O) groups excluding carboxylic acids is 1. The van der Waals surface area contributed by atoms with Gasteiger partial charge in [-0.2, -0.15) is 0 Å². The van der Waals surface area contributed by atoms with Gasteiger partial charge in [-0.25, -0.2) is 15.0 Å². The molecule has 100 valence electrons. The molecule has 0 spiro atoms. The van der Waals surface area contributed by atoms with Gasteiger partial charge in [0.1, 0.15) is 18.5 Å². The van der Waals surface area contributed by atoms with E-state index in [0.717, 1.165) is 11.1 Å². The number of ketones is 1. The molecule has 3 aromatic rings. The predicted molar refractivity (Wildman–Crippen MR) is 72.3 cm³/mol. The first-order valence-electron chi connectivity index (χ1n) is 6.12. The van der Waals surface area contributed by atoms with Crippen molar-refractivity contribution >= 4 is 16.9 Å². The summed E-state index contributed by atoms with van der Waals surface area (Å²) < 4.78 is 1.94. The van der Waals surface area contributed by atoms with E-state index in [1.165, 1.54) is 6.33 Å².